The van der Waals surface area contributed by atoms with Crippen LogP contribution in [-0.4, -0.2) is 22.2 Å². The monoisotopic (exact) mass is 440 g/mol. The topological polar surface area (TPSA) is 94.6 Å². The van der Waals surface area contributed by atoms with E-state index in [0.29, 0.717) is 0 Å². The number of nitrogens with zero attached hydrogens (tertiary/aromatic N) is 1. The Bertz CT molecular complexity index is 1260. The number of aliphatic hydroxyl groups is 1. The van der Waals surface area contributed by atoms with Gasteiger partial charge >= 0.3 is 5.97 Å². The van der Waals surface area contributed by atoms with Gasteiger partial charge in [-0.05, 0) is 26.0 Å². The number of hydrogen-bond donors (Lipinski definition) is 2. The molecule has 0 amide bonds. The fourth-order valence-electron chi connectivity index (χ4n) is 3.17. The van der Waals surface area contributed by atoms with Crippen molar-refractivity contribution in [3.05, 3.63) is 67.7 Å². The van der Waals surface area contributed by atoms with E-state index in [1.54, 1.807) is 0 Å². The van der Waals surface area contributed by atoms with Crippen LogP contribution in [0, 0.1) is 24.4 Å². The Morgan fingerprint density at radius 1 is 1.27 bits per heavy atom. The molecule has 1 heterocycles. The Kier molecular flexibility index (Phi) is 5.78. The number of benzene rings is 2. The minimum atomic E-state index is -1.40. The van der Waals surface area contributed by atoms with Gasteiger partial charge in [0.05, 0.1) is 35.5 Å². The summed E-state index contributed by atoms with van der Waals surface area (Å²) < 4.78 is 48.6. The van der Waals surface area contributed by atoms with Crippen LogP contribution in [0.25, 0.3) is 16.6 Å². The predicted molar refractivity (Wildman–Crippen MR) is 105 cm³/mol. The van der Waals surface area contributed by atoms with Crippen LogP contribution in [0.1, 0.15) is 28.4 Å². The predicted octanol–water partition coefficient (Wildman–Crippen LogP) is 3.62. The molecule has 0 spiro atoms. The first-order valence-electron chi connectivity index (χ1n) is 8.72. The molecule has 6 nitrogen and oxygen atoms in total. The molecule has 0 radical (unpaired) electrons. The van der Waals surface area contributed by atoms with Gasteiger partial charge in [0.15, 0.2) is 11.6 Å². The largest absolute Gasteiger partial charge is 0.462 e. The van der Waals surface area contributed by atoms with Crippen molar-refractivity contribution in [3.63, 3.8) is 0 Å². The smallest absolute Gasteiger partial charge is 0.343 e. The number of anilines is 1. The number of rotatable bonds is 4. The molecule has 1 aromatic heterocycles. The molecule has 3 aromatic rings. The zero-order chi connectivity index (χ0) is 22.3. The van der Waals surface area contributed by atoms with Crippen LogP contribution in [0.3, 0.4) is 0 Å². The third-order valence-electron chi connectivity index (χ3n) is 4.63. The minimum Gasteiger partial charge on any atom is -0.462 e. The summed E-state index contributed by atoms with van der Waals surface area (Å²) in [5.41, 5.74) is 3.28. The van der Waals surface area contributed by atoms with E-state index in [1.807, 2.05) is 0 Å². The molecule has 10 heteroatoms. The van der Waals surface area contributed by atoms with E-state index in [9.17, 15) is 27.9 Å². The van der Waals surface area contributed by atoms with Gasteiger partial charge in [0.2, 0.25) is 5.43 Å². The van der Waals surface area contributed by atoms with Crippen molar-refractivity contribution in [1.82, 2.24) is 4.57 Å². The summed E-state index contributed by atoms with van der Waals surface area (Å²) >= 11 is 6.03. The van der Waals surface area contributed by atoms with E-state index in [-0.39, 0.29) is 40.0 Å². The summed E-state index contributed by atoms with van der Waals surface area (Å²) in [4.78, 5) is 25.3. The Balaban J connectivity index is 2.60. The van der Waals surface area contributed by atoms with Crippen molar-refractivity contribution < 1.29 is 27.8 Å². The number of nitrogen functional groups attached to an aromatic ring is 1. The van der Waals surface area contributed by atoms with Crippen molar-refractivity contribution >= 4 is 34.2 Å². The maximum absolute atomic E-state index is 14.4. The number of carbonyl (C=O) groups excluding carboxylic acids is 1. The first-order valence-corrected chi connectivity index (χ1v) is 9.10. The van der Waals surface area contributed by atoms with Crippen LogP contribution < -0.4 is 11.2 Å². The molecule has 0 saturated heterocycles. The Morgan fingerprint density at radius 2 is 1.93 bits per heavy atom. The number of ether oxygens (including phenoxy) is 1. The van der Waals surface area contributed by atoms with Gasteiger partial charge in [-0.2, -0.15) is 0 Å². The Morgan fingerprint density at radius 3 is 2.53 bits per heavy atom. The molecule has 0 aliphatic heterocycles. The Hall–Kier alpha value is -3.04. The fraction of sp³-hybridized carbons (Fsp3) is 0.200. The molecule has 3 rings (SSSR count). The second-order valence-electron chi connectivity index (χ2n) is 6.41. The second-order valence-corrected chi connectivity index (χ2v) is 6.79. The number of hydrogen-bond acceptors (Lipinski definition) is 5. The minimum absolute atomic E-state index is 0.0000826. The number of fused-ring (bicyclic) bond motifs is 1. The summed E-state index contributed by atoms with van der Waals surface area (Å²) in [5, 5.41) is 8.57. The normalized spacial score (nSPS) is 11.2. The first kappa shape index (κ1) is 21.7. The summed E-state index contributed by atoms with van der Waals surface area (Å²) in [6, 6.07) is 2.06. The summed E-state index contributed by atoms with van der Waals surface area (Å²) in [6.07, 6.45) is 1.01. The lowest BCUT2D eigenvalue weighted by Gasteiger charge is -2.19. The van der Waals surface area contributed by atoms with E-state index in [1.165, 1.54) is 6.92 Å². The van der Waals surface area contributed by atoms with E-state index >= 15 is 0 Å². The van der Waals surface area contributed by atoms with E-state index < -0.39 is 46.0 Å². The molecule has 30 heavy (non-hydrogen) atoms. The molecule has 0 bridgehead atoms. The van der Waals surface area contributed by atoms with Crippen molar-refractivity contribution in [2.75, 3.05) is 12.3 Å². The number of pyridine rings is 1. The Labute approximate surface area is 173 Å². The van der Waals surface area contributed by atoms with Gasteiger partial charge in [-0.3, -0.25) is 4.79 Å². The number of esters is 1. The van der Waals surface area contributed by atoms with E-state index in [0.717, 1.165) is 29.8 Å². The zero-order valence-corrected chi connectivity index (χ0v) is 16.6. The van der Waals surface area contributed by atoms with Crippen molar-refractivity contribution in [3.8, 4) is 5.69 Å². The molecule has 0 saturated carbocycles. The van der Waals surface area contributed by atoms with Gasteiger partial charge in [-0.1, -0.05) is 11.6 Å². The van der Waals surface area contributed by atoms with Crippen LogP contribution in [-0.2, 0) is 11.3 Å². The number of aromatic nitrogens is 1. The third-order valence-corrected chi connectivity index (χ3v) is 4.97. The van der Waals surface area contributed by atoms with Gasteiger partial charge in [-0.15, -0.1) is 0 Å². The average molecular weight is 441 g/mol. The number of aryl methyl sites for hydroxylation is 1. The highest BCUT2D eigenvalue weighted by molar-refractivity contribution is 6.35. The van der Waals surface area contributed by atoms with Gasteiger partial charge in [0, 0.05) is 17.3 Å². The van der Waals surface area contributed by atoms with E-state index in [2.05, 4.69) is 0 Å². The first-order chi connectivity index (χ1) is 14.1. The number of carbonyl (C=O) groups is 1. The van der Waals surface area contributed by atoms with Gasteiger partial charge < -0.3 is 20.1 Å². The molecule has 0 aliphatic rings. The van der Waals surface area contributed by atoms with Crippen molar-refractivity contribution in [2.24, 2.45) is 0 Å². The van der Waals surface area contributed by atoms with Gasteiger partial charge in [0.1, 0.15) is 16.4 Å². The average Bonchev–Trinajstić information content (AvgIpc) is 2.72. The second kappa shape index (κ2) is 8.00. The third kappa shape index (κ3) is 3.29. The fourth-order valence-corrected chi connectivity index (χ4v) is 3.44. The quantitative estimate of drug-likeness (QED) is 0.367. The van der Waals surface area contributed by atoms with Gasteiger partial charge in [-0.25, -0.2) is 18.0 Å². The molecule has 3 N–H and O–H groups in total. The summed E-state index contributed by atoms with van der Waals surface area (Å²) in [6.45, 7) is 1.98. The lowest BCUT2D eigenvalue weighted by molar-refractivity contribution is 0.0524. The zero-order valence-electron chi connectivity index (χ0n) is 15.9. The molecule has 158 valence electrons. The maximum Gasteiger partial charge on any atom is 0.343 e. The highest BCUT2D eigenvalue weighted by Crippen LogP contribution is 2.34. The molecule has 0 atom stereocenters. The van der Waals surface area contributed by atoms with E-state index in [4.69, 9.17) is 22.1 Å². The molecule has 0 unspecified atom stereocenters. The number of aliphatic hydroxyl groups excluding tert-OH is 1. The molecule has 2 aromatic carbocycles. The van der Waals surface area contributed by atoms with Crippen LogP contribution in [0.4, 0.5) is 18.9 Å². The summed E-state index contributed by atoms with van der Waals surface area (Å²) in [5.74, 6) is -4.57. The SMILES string of the molecule is CCOC(=O)c1cn(-c2cc(N)c(F)cc2CO)c2c(Cl)c(F)c(F)c(C)c2c1=O. The van der Waals surface area contributed by atoms with Crippen molar-refractivity contribution in [1.29, 1.82) is 0 Å². The molecular formula is C20H16ClF3N2O4. The number of halogens is 4. The molecule has 0 fully saturated rings. The van der Waals surface area contributed by atoms with Gasteiger partial charge in [0.25, 0.3) is 0 Å². The highest BCUT2D eigenvalue weighted by Gasteiger charge is 2.26. The maximum atomic E-state index is 14.4. The summed E-state index contributed by atoms with van der Waals surface area (Å²) in [7, 11) is 0. The van der Waals surface area contributed by atoms with Crippen LogP contribution in [0.2, 0.25) is 5.02 Å². The lowest BCUT2D eigenvalue weighted by atomic mass is 10.0. The lowest BCUT2D eigenvalue weighted by Crippen LogP contribution is -2.22. The van der Waals surface area contributed by atoms with Crippen molar-refractivity contribution in [2.45, 2.75) is 20.5 Å². The van der Waals surface area contributed by atoms with Crippen LogP contribution in [0.5, 0.6) is 0 Å². The van der Waals surface area contributed by atoms with Crippen LogP contribution >= 0.6 is 11.6 Å². The molecule has 0 aliphatic carbocycles. The molecular weight excluding hydrogens is 425 g/mol. The van der Waals surface area contributed by atoms with Crippen LogP contribution in [0.15, 0.2) is 23.1 Å². The number of nitrogens with two attached hydrogens (primary N) is 1. The highest BCUT2D eigenvalue weighted by atomic mass is 35.5. The standard InChI is InChI=1S/C20H16ClF3N2O4/c1-3-30-20(29)10-6-26(13-5-12(25)11(22)4-9(13)7-27)18-14(19(10)28)8(2)16(23)17(24)15(18)21/h4-6,27H,3,7,25H2,1-2H3.